The number of aromatic hydroxyl groups is 3. The van der Waals surface area contributed by atoms with Gasteiger partial charge in [0.25, 0.3) is 0 Å². The highest BCUT2D eigenvalue weighted by Gasteiger charge is 2.52. The van der Waals surface area contributed by atoms with Gasteiger partial charge in [0.05, 0.1) is 18.8 Å². The maximum atomic E-state index is 13.6. The molecule has 3 fully saturated rings. The van der Waals surface area contributed by atoms with Gasteiger partial charge in [-0.15, -0.1) is 0 Å². The quantitative estimate of drug-likeness (QED) is 0.0510. The van der Waals surface area contributed by atoms with E-state index in [1.165, 1.54) is 54.6 Å². The van der Waals surface area contributed by atoms with E-state index in [0.717, 1.165) is 18.2 Å². The summed E-state index contributed by atoms with van der Waals surface area (Å²) in [6.07, 6.45) is -24.0. The summed E-state index contributed by atoms with van der Waals surface area (Å²) < 4.78 is 39.3. The molecule has 22 heteroatoms. The van der Waals surface area contributed by atoms with Crippen molar-refractivity contribution in [1.82, 2.24) is 0 Å². The lowest BCUT2D eigenvalue weighted by molar-refractivity contribution is -0.342. The number of phenols is 3. The van der Waals surface area contributed by atoms with Crippen molar-refractivity contribution in [2.45, 2.75) is 91.9 Å². The Kier molecular flexibility index (Phi) is 14.2. The van der Waals surface area contributed by atoms with Gasteiger partial charge in [0, 0.05) is 23.8 Å². The van der Waals surface area contributed by atoms with Crippen LogP contribution in [0.4, 0.5) is 0 Å². The fourth-order valence-electron chi connectivity index (χ4n) is 7.48. The highest BCUT2D eigenvalue weighted by molar-refractivity contribution is 5.88. The third-order valence-corrected chi connectivity index (χ3v) is 11.1. The van der Waals surface area contributed by atoms with Gasteiger partial charge in [-0.1, -0.05) is 12.1 Å². The van der Waals surface area contributed by atoms with Crippen LogP contribution >= 0.6 is 0 Å². The lowest BCUT2D eigenvalue weighted by Crippen LogP contribution is -2.63. The summed E-state index contributed by atoms with van der Waals surface area (Å²) in [5.74, 6) is -2.63. The SMILES string of the molecule is O=C(C=Cc1ccc(O)cc1)OCC1OC(OC2C(c3c(O)cc4oc(-c5ccc(OC6OC(CO)C(O)C(O)C6O)cc5)cc(=O)c4c3O)OC(CO)C(O)C2O)C(O)C(O)C1O. The van der Waals surface area contributed by atoms with E-state index in [2.05, 4.69) is 0 Å². The molecule has 0 amide bonds. The first kappa shape index (κ1) is 46.7. The van der Waals surface area contributed by atoms with Crippen LogP contribution in [0.2, 0.25) is 0 Å². The number of benzene rings is 3. The number of phenolic OH excluding ortho intramolecular Hbond substituents is 3. The smallest absolute Gasteiger partial charge is 0.330 e. The molecule has 0 spiro atoms. The molecule has 4 heterocycles. The van der Waals surface area contributed by atoms with Crippen LogP contribution in [-0.4, -0.2) is 178 Å². The molecular weight excluding hydrogens is 856 g/mol. The minimum atomic E-state index is -2.06. The molecule has 7 rings (SSSR count). The van der Waals surface area contributed by atoms with Gasteiger partial charge in [-0.3, -0.25) is 4.79 Å². The molecule has 64 heavy (non-hydrogen) atoms. The van der Waals surface area contributed by atoms with Crippen molar-refractivity contribution >= 4 is 23.0 Å². The van der Waals surface area contributed by atoms with Crippen molar-refractivity contribution in [1.29, 1.82) is 0 Å². The molecule has 1 aromatic heterocycles. The number of hydrogen-bond acceptors (Lipinski definition) is 22. The Labute approximate surface area is 360 Å². The van der Waals surface area contributed by atoms with E-state index in [1.54, 1.807) is 0 Å². The topological polar surface area (TPSA) is 366 Å². The predicted octanol–water partition coefficient (Wildman–Crippen LogP) is -2.64. The molecule has 0 saturated carbocycles. The molecule has 15 unspecified atom stereocenters. The summed E-state index contributed by atoms with van der Waals surface area (Å²) in [5.41, 5.74) is -1.01. The van der Waals surface area contributed by atoms with Crippen molar-refractivity contribution in [2.24, 2.45) is 0 Å². The normalized spacial score (nSPS) is 33.3. The third-order valence-electron chi connectivity index (χ3n) is 11.1. The summed E-state index contributed by atoms with van der Waals surface area (Å²) in [6.45, 7) is -2.28. The van der Waals surface area contributed by atoms with E-state index in [9.17, 15) is 76.0 Å². The average molecular weight is 903 g/mol. The van der Waals surface area contributed by atoms with Gasteiger partial charge in [0.15, 0.2) is 11.7 Å². The van der Waals surface area contributed by atoms with Gasteiger partial charge < -0.3 is 99.2 Å². The fourth-order valence-corrected chi connectivity index (χ4v) is 7.48. The van der Waals surface area contributed by atoms with Gasteiger partial charge in [-0.2, -0.15) is 0 Å². The van der Waals surface area contributed by atoms with E-state index in [0.29, 0.717) is 5.56 Å². The molecule has 0 bridgehead atoms. The molecule has 4 aromatic rings. The number of ether oxygens (including phenoxy) is 6. The standard InChI is InChI=1S/C42H46O22/c43-13-24-31(50)36(55)40(64-42-38(57)35(54)32(51)26(63-42)15-58-27(48)10-3-16-1-6-18(45)7-2-16)39(61-24)29-21(47)12-23-28(33(29)52)20(46)11-22(60-23)17-4-8-19(9-5-17)59-41-37(56)34(53)30(49)25(14-44)62-41/h1-12,24-26,30-32,34-45,47,49-57H,13-15H2. The number of carbonyl (C=O) groups is 1. The molecular formula is C42H46O22. The lowest BCUT2D eigenvalue weighted by atomic mass is 9.89. The lowest BCUT2D eigenvalue weighted by Gasteiger charge is -2.46. The van der Waals surface area contributed by atoms with E-state index < -0.39 is 146 Å². The first-order valence-electron chi connectivity index (χ1n) is 19.7. The van der Waals surface area contributed by atoms with Gasteiger partial charge in [0.2, 0.25) is 6.29 Å². The Balaban J connectivity index is 1.12. The first-order chi connectivity index (χ1) is 30.5. The largest absolute Gasteiger partial charge is 0.508 e. The molecule has 15 atom stereocenters. The maximum Gasteiger partial charge on any atom is 0.330 e. The summed E-state index contributed by atoms with van der Waals surface area (Å²) >= 11 is 0. The number of hydrogen-bond donors (Lipinski definition) is 13. The Hall–Kier alpha value is -5.28. The minimum Gasteiger partial charge on any atom is -0.508 e. The second kappa shape index (κ2) is 19.4. The maximum absolute atomic E-state index is 13.6. The van der Waals surface area contributed by atoms with Crippen LogP contribution in [0, 0.1) is 0 Å². The highest BCUT2D eigenvalue weighted by atomic mass is 16.7. The van der Waals surface area contributed by atoms with Gasteiger partial charge in [-0.25, -0.2) is 4.79 Å². The number of aliphatic hydroxyl groups excluding tert-OH is 10. The number of rotatable bonds is 12. The number of aliphatic hydroxyl groups is 10. The average Bonchev–Trinajstić information content (AvgIpc) is 3.28. The van der Waals surface area contributed by atoms with E-state index in [1.807, 2.05) is 0 Å². The second-order valence-electron chi connectivity index (χ2n) is 15.3. The minimum absolute atomic E-state index is 0.00472. The molecule has 22 nitrogen and oxygen atoms in total. The molecule has 3 aliphatic rings. The fraction of sp³-hybridized carbons (Fsp3) is 0.429. The summed E-state index contributed by atoms with van der Waals surface area (Å²) in [6, 6.07) is 13.4. The number of esters is 1. The van der Waals surface area contributed by atoms with Crippen LogP contribution in [0.15, 0.2) is 76.0 Å². The van der Waals surface area contributed by atoms with E-state index in [-0.39, 0.29) is 28.4 Å². The zero-order valence-corrected chi connectivity index (χ0v) is 33.2. The Morgan fingerprint density at radius 3 is 1.92 bits per heavy atom. The molecule has 3 aromatic carbocycles. The van der Waals surface area contributed by atoms with Crippen molar-refractivity contribution < 1.29 is 104 Å². The summed E-state index contributed by atoms with van der Waals surface area (Å²) in [5, 5.41) is 136. The van der Waals surface area contributed by atoms with Gasteiger partial charge in [0.1, 0.15) is 126 Å². The van der Waals surface area contributed by atoms with Gasteiger partial charge >= 0.3 is 5.97 Å². The van der Waals surface area contributed by atoms with Crippen LogP contribution in [-0.2, 0) is 28.5 Å². The predicted molar refractivity (Wildman–Crippen MR) is 212 cm³/mol. The van der Waals surface area contributed by atoms with E-state index >= 15 is 0 Å². The number of carbonyl (C=O) groups excluding carboxylic acids is 1. The number of fused-ring (bicyclic) bond motifs is 1. The molecule has 13 N–H and O–H groups in total. The van der Waals surface area contributed by atoms with Crippen molar-refractivity contribution in [3.63, 3.8) is 0 Å². The zero-order valence-electron chi connectivity index (χ0n) is 33.2. The van der Waals surface area contributed by atoms with Crippen LogP contribution in [0.1, 0.15) is 17.2 Å². The van der Waals surface area contributed by atoms with Crippen molar-refractivity contribution in [3.8, 4) is 34.3 Å². The summed E-state index contributed by atoms with van der Waals surface area (Å²) in [7, 11) is 0. The van der Waals surface area contributed by atoms with Crippen LogP contribution in [0.25, 0.3) is 28.4 Å². The Morgan fingerprint density at radius 1 is 0.672 bits per heavy atom. The molecule has 346 valence electrons. The Bertz CT molecular complexity index is 2330. The molecule has 3 aliphatic heterocycles. The molecule has 3 saturated heterocycles. The van der Waals surface area contributed by atoms with Crippen LogP contribution < -0.4 is 10.2 Å². The van der Waals surface area contributed by atoms with E-state index in [4.69, 9.17) is 32.8 Å². The van der Waals surface area contributed by atoms with Crippen LogP contribution in [0.5, 0.6) is 23.0 Å². The van der Waals surface area contributed by atoms with Crippen molar-refractivity contribution in [3.05, 3.63) is 88.1 Å². The second-order valence-corrected chi connectivity index (χ2v) is 15.3. The molecule has 0 radical (unpaired) electrons. The summed E-state index contributed by atoms with van der Waals surface area (Å²) in [4.78, 5) is 26.1. The zero-order chi connectivity index (χ0) is 46.1. The van der Waals surface area contributed by atoms with Gasteiger partial charge in [-0.05, 0) is 48.0 Å². The highest BCUT2D eigenvalue weighted by Crippen LogP contribution is 2.46. The van der Waals surface area contributed by atoms with Crippen molar-refractivity contribution in [2.75, 3.05) is 19.8 Å². The Morgan fingerprint density at radius 2 is 1.27 bits per heavy atom. The first-order valence-corrected chi connectivity index (χ1v) is 19.7. The molecule has 0 aliphatic carbocycles. The monoisotopic (exact) mass is 902 g/mol. The third kappa shape index (κ3) is 9.42. The van der Waals surface area contributed by atoms with Crippen LogP contribution in [0.3, 0.4) is 0 Å².